The number of hydrogen-bond donors (Lipinski definition) is 3. The van der Waals surface area contributed by atoms with E-state index in [9.17, 15) is 5.11 Å². The van der Waals surface area contributed by atoms with Crippen LogP contribution in [0.2, 0.25) is 0 Å². The summed E-state index contributed by atoms with van der Waals surface area (Å²) in [4.78, 5) is 7.25. The molecule has 0 aliphatic carbocycles. The van der Waals surface area contributed by atoms with Crippen LogP contribution in [0.25, 0.3) is 0 Å². The van der Waals surface area contributed by atoms with E-state index in [0.29, 0.717) is 18.3 Å². The van der Waals surface area contributed by atoms with Gasteiger partial charge in [0.1, 0.15) is 11.5 Å². The summed E-state index contributed by atoms with van der Waals surface area (Å²) in [6.45, 7) is 8.96. The number of phenolic OH excluding ortho intramolecular Hbond substituents is 1. The van der Waals surface area contributed by atoms with Gasteiger partial charge in [0.2, 0.25) is 0 Å². The first kappa shape index (κ1) is 19.4. The van der Waals surface area contributed by atoms with Crippen molar-refractivity contribution < 1.29 is 9.84 Å². The molecule has 6 nitrogen and oxygen atoms in total. The summed E-state index contributed by atoms with van der Waals surface area (Å²) in [6, 6.07) is 5.98. The molecule has 1 atom stereocenters. The fourth-order valence-corrected chi connectivity index (χ4v) is 3.25. The van der Waals surface area contributed by atoms with Crippen LogP contribution in [0.4, 0.5) is 0 Å². The number of ether oxygens (including phenoxy) is 1. The average Bonchev–Trinajstić information content (AvgIpc) is 3.08. The second kappa shape index (κ2) is 10.1. The summed E-state index contributed by atoms with van der Waals surface area (Å²) in [5, 5.41) is 16.7. The summed E-state index contributed by atoms with van der Waals surface area (Å²) in [5.74, 6) is 1.78. The number of guanidine groups is 1. The molecule has 140 valence electrons. The van der Waals surface area contributed by atoms with Crippen molar-refractivity contribution in [2.75, 3.05) is 39.8 Å². The summed E-state index contributed by atoms with van der Waals surface area (Å²) < 4.78 is 5.11. The van der Waals surface area contributed by atoms with Gasteiger partial charge in [0.15, 0.2) is 5.96 Å². The number of methoxy groups -OCH3 is 1. The maximum absolute atomic E-state index is 10.0. The van der Waals surface area contributed by atoms with E-state index >= 15 is 0 Å². The molecule has 1 heterocycles. The molecule has 1 saturated heterocycles. The molecule has 0 saturated carbocycles. The number of nitrogens with one attached hydrogen (secondary N) is 2. The zero-order valence-electron chi connectivity index (χ0n) is 15.7. The van der Waals surface area contributed by atoms with Gasteiger partial charge in [-0.2, -0.15) is 0 Å². The first-order valence-electron chi connectivity index (χ1n) is 9.30. The van der Waals surface area contributed by atoms with Crippen molar-refractivity contribution in [1.82, 2.24) is 15.5 Å². The molecule has 0 spiro atoms. The summed E-state index contributed by atoms with van der Waals surface area (Å²) in [5.41, 5.74) is 0.900. The van der Waals surface area contributed by atoms with Crippen LogP contribution >= 0.6 is 0 Å². The molecule has 0 radical (unpaired) electrons. The lowest BCUT2D eigenvalue weighted by atomic mass is 10.1. The third-order valence-electron chi connectivity index (χ3n) is 4.69. The van der Waals surface area contributed by atoms with E-state index in [1.54, 1.807) is 13.2 Å². The van der Waals surface area contributed by atoms with Crippen LogP contribution in [0.5, 0.6) is 11.5 Å². The highest BCUT2D eigenvalue weighted by Crippen LogP contribution is 2.23. The van der Waals surface area contributed by atoms with Crippen molar-refractivity contribution >= 4 is 5.96 Å². The summed E-state index contributed by atoms with van der Waals surface area (Å²) >= 11 is 0. The highest BCUT2D eigenvalue weighted by Gasteiger charge is 2.22. The van der Waals surface area contributed by atoms with Crippen LogP contribution in [-0.4, -0.2) is 61.8 Å². The Morgan fingerprint density at radius 2 is 2.20 bits per heavy atom. The molecule has 0 bridgehead atoms. The molecule has 1 aliphatic heterocycles. The van der Waals surface area contributed by atoms with Gasteiger partial charge in [0, 0.05) is 25.2 Å². The Kier molecular flexibility index (Phi) is 7.85. The number of nitrogens with zero attached hydrogens (tertiary/aromatic N) is 2. The minimum absolute atomic E-state index is 0.271. The van der Waals surface area contributed by atoms with E-state index in [1.165, 1.54) is 19.4 Å². The Bertz CT molecular complexity index is 562. The summed E-state index contributed by atoms with van der Waals surface area (Å²) in [6.07, 6.45) is 3.23. The lowest BCUT2D eigenvalue weighted by Crippen LogP contribution is -2.40. The topological polar surface area (TPSA) is 69.1 Å². The molecule has 1 fully saturated rings. The van der Waals surface area contributed by atoms with E-state index < -0.39 is 0 Å². The lowest BCUT2D eigenvalue weighted by Gasteiger charge is -2.21. The first-order valence-corrected chi connectivity index (χ1v) is 9.30. The smallest absolute Gasteiger partial charge is 0.191 e. The standard InChI is InChI=1S/C19H32N4O2/c1-4-20-19(22-14-16-7-6-12-23(16)5-2)21-11-10-15-8-9-17(25-3)13-18(15)24/h8-9,13,16,24H,4-7,10-12,14H2,1-3H3,(H2,20,21,22). The second-order valence-electron chi connectivity index (χ2n) is 6.32. The Labute approximate surface area is 151 Å². The zero-order valence-corrected chi connectivity index (χ0v) is 15.7. The van der Waals surface area contributed by atoms with E-state index in [1.807, 2.05) is 12.1 Å². The van der Waals surface area contributed by atoms with Gasteiger partial charge in [-0.3, -0.25) is 9.89 Å². The Morgan fingerprint density at radius 3 is 2.88 bits per heavy atom. The minimum atomic E-state index is 0.271. The lowest BCUT2D eigenvalue weighted by molar-refractivity contribution is 0.273. The van der Waals surface area contributed by atoms with Crippen LogP contribution < -0.4 is 15.4 Å². The Hall–Kier alpha value is -1.95. The van der Waals surface area contributed by atoms with E-state index in [0.717, 1.165) is 37.6 Å². The van der Waals surface area contributed by atoms with E-state index in [4.69, 9.17) is 9.73 Å². The molecule has 1 aliphatic rings. The zero-order chi connectivity index (χ0) is 18.1. The molecular formula is C19H32N4O2. The van der Waals surface area contributed by atoms with Crippen LogP contribution in [0, 0.1) is 0 Å². The van der Waals surface area contributed by atoms with Gasteiger partial charge >= 0.3 is 0 Å². The normalized spacial score (nSPS) is 18.4. The SMILES string of the molecule is CCNC(=NCC1CCCN1CC)NCCc1ccc(OC)cc1O. The monoisotopic (exact) mass is 348 g/mol. The van der Waals surface area contributed by atoms with Crippen LogP contribution in [0.3, 0.4) is 0 Å². The molecule has 2 rings (SSSR count). The average molecular weight is 348 g/mol. The third-order valence-corrected chi connectivity index (χ3v) is 4.69. The van der Waals surface area contributed by atoms with Gasteiger partial charge in [0.05, 0.1) is 13.7 Å². The number of likely N-dealkylation sites (tertiary alicyclic amines) is 1. The van der Waals surface area contributed by atoms with Crippen molar-refractivity contribution in [3.63, 3.8) is 0 Å². The van der Waals surface area contributed by atoms with Crippen molar-refractivity contribution in [3.05, 3.63) is 23.8 Å². The number of rotatable bonds is 8. The highest BCUT2D eigenvalue weighted by molar-refractivity contribution is 5.79. The van der Waals surface area contributed by atoms with Gasteiger partial charge in [-0.25, -0.2) is 0 Å². The quantitative estimate of drug-likeness (QED) is 0.495. The van der Waals surface area contributed by atoms with Crippen LogP contribution in [0.1, 0.15) is 32.3 Å². The molecule has 1 unspecified atom stereocenters. The number of aromatic hydroxyl groups is 1. The minimum Gasteiger partial charge on any atom is -0.508 e. The van der Waals surface area contributed by atoms with Gasteiger partial charge in [0.25, 0.3) is 0 Å². The van der Waals surface area contributed by atoms with Crippen molar-refractivity contribution in [3.8, 4) is 11.5 Å². The van der Waals surface area contributed by atoms with Gasteiger partial charge in [-0.15, -0.1) is 0 Å². The molecule has 1 aromatic carbocycles. The van der Waals surface area contributed by atoms with Crippen molar-refractivity contribution in [1.29, 1.82) is 0 Å². The predicted octanol–water partition coefficient (Wildman–Crippen LogP) is 1.98. The molecule has 6 heteroatoms. The van der Waals surface area contributed by atoms with Crippen LogP contribution in [-0.2, 0) is 6.42 Å². The van der Waals surface area contributed by atoms with E-state index in [-0.39, 0.29) is 5.75 Å². The number of benzene rings is 1. The first-order chi connectivity index (χ1) is 12.2. The maximum atomic E-state index is 10.0. The molecule has 0 amide bonds. The van der Waals surface area contributed by atoms with Gasteiger partial charge < -0.3 is 20.5 Å². The highest BCUT2D eigenvalue weighted by atomic mass is 16.5. The Balaban J connectivity index is 1.85. The molecule has 1 aromatic rings. The Morgan fingerprint density at radius 1 is 1.36 bits per heavy atom. The fraction of sp³-hybridized carbons (Fsp3) is 0.632. The van der Waals surface area contributed by atoms with Gasteiger partial charge in [-0.05, 0) is 50.9 Å². The second-order valence-corrected chi connectivity index (χ2v) is 6.32. The maximum Gasteiger partial charge on any atom is 0.191 e. The summed E-state index contributed by atoms with van der Waals surface area (Å²) in [7, 11) is 1.60. The number of aliphatic imine (C=N–C) groups is 1. The van der Waals surface area contributed by atoms with Crippen molar-refractivity contribution in [2.24, 2.45) is 4.99 Å². The van der Waals surface area contributed by atoms with Crippen LogP contribution in [0.15, 0.2) is 23.2 Å². The predicted molar refractivity (Wildman–Crippen MR) is 103 cm³/mol. The largest absolute Gasteiger partial charge is 0.508 e. The van der Waals surface area contributed by atoms with Crippen molar-refractivity contribution in [2.45, 2.75) is 39.2 Å². The van der Waals surface area contributed by atoms with Gasteiger partial charge in [-0.1, -0.05) is 13.0 Å². The molecular weight excluding hydrogens is 316 g/mol. The number of phenols is 1. The van der Waals surface area contributed by atoms with E-state index in [2.05, 4.69) is 29.4 Å². The molecule has 0 aromatic heterocycles. The number of hydrogen-bond acceptors (Lipinski definition) is 4. The molecule has 25 heavy (non-hydrogen) atoms. The number of likely N-dealkylation sites (N-methyl/N-ethyl adjacent to an activating group) is 1. The fourth-order valence-electron chi connectivity index (χ4n) is 3.25. The molecule has 3 N–H and O–H groups in total. The third kappa shape index (κ3) is 5.81.